The third-order valence-corrected chi connectivity index (χ3v) is 7.99. The molecular formula is C10H7Br5O4. The van der Waals surface area contributed by atoms with Crippen molar-refractivity contribution in [2.24, 2.45) is 11.3 Å². The zero-order valence-corrected chi connectivity index (χ0v) is 17.0. The van der Waals surface area contributed by atoms with Crippen LogP contribution >= 0.6 is 79.6 Å². The first-order valence-corrected chi connectivity index (χ1v) is 9.40. The van der Waals surface area contributed by atoms with Gasteiger partial charge in [-0.15, -0.1) is 0 Å². The standard InChI is InChI=1S/C10H7Br5O4/c11-1-3-5(13)7(15)6(14)4(8(16)17)10(3,2-12)9(18)19/h4H,1-2H2,(H,16,17)(H,18,19). The highest BCUT2D eigenvalue weighted by atomic mass is 79.9. The van der Waals surface area contributed by atoms with E-state index in [0.29, 0.717) is 19.0 Å². The fourth-order valence-electron chi connectivity index (χ4n) is 1.92. The summed E-state index contributed by atoms with van der Waals surface area (Å²) in [6.45, 7) is 0. The Morgan fingerprint density at radius 3 is 1.95 bits per heavy atom. The summed E-state index contributed by atoms with van der Waals surface area (Å²) in [5, 5.41) is 19.2. The first-order valence-electron chi connectivity index (χ1n) is 4.78. The molecule has 2 atom stereocenters. The molecular weight excluding hydrogens is 584 g/mol. The van der Waals surface area contributed by atoms with Crippen LogP contribution < -0.4 is 0 Å². The lowest BCUT2D eigenvalue weighted by Crippen LogP contribution is -2.48. The lowest BCUT2D eigenvalue weighted by molar-refractivity contribution is -0.156. The molecule has 0 aromatic heterocycles. The Morgan fingerprint density at radius 1 is 1.11 bits per heavy atom. The maximum Gasteiger partial charge on any atom is 0.315 e. The summed E-state index contributed by atoms with van der Waals surface area (Å²) >= 11 is 16.2. The molecule has 2 N–H and O–H groups in total. The van der Waals surface area contributed by atoms with Gasteiger partial charge in [-0.1, -0.05) is 47.8 Å². The Bertz CT molecular complexity index is 498. The highest BCUT2D eigenvalue weighted by Crippen LogP contribution is 2.54. The molecule has 9 heteroatoms. The van der Waals surface area contributed by atoms with Gasteiger partial charge >= 0.3 is 11.9 Å². The largest absolute Gasteiger partial charge is 0.481 e. The molecule has 0 radical (unpaired) electrons. The average molecular weight is 591 g/mol. The van der Waals surface area contributed by atoms with E-state index >= 15 is 0 Å². The zero-order chi connectivity index (χ0) is 15.0. The third kappa shape index (κ3) is 2.77. The average Bonchev–Trinajstić information content (AvgIpc) is 2.34. The predicted molar refractivity (Wildman–Crippen MR) is 89.6 cm³/mol. The van der Waals surface area contributed by atoms with E-state index in [-0.39, 0.29) is 10.7 Å². The number of carboxylic acids is 2. The summed E-state index contributed by atoms with van der Waals surface area (Å²) in [5.41, 5.74) is -1.11. The quantitative estimate of drug-likeness (QED) is 0.482. The molecule has 0 aliphatic heterocycles. The second-order valence-electron chi connectivity index (χ2n) is 3.77. The summed E-state index contributed by atoms with van der Waals surface area (Å²) in [6.07, 6.45) is 0. The van der Waals surface area contributed by atoms with Crippen LogP contribution in [0.4, 0.5) is 0 Å². The van der Waals surface area contributed by atoms with E-state index in [9.17, 15) is 19.8 Å². The van der Waals surface area contributed by atoms with Crippen molar-refractivity contribution in [1.29, 1.82) is 0 Å². The molecule has 4 nitrogen and oxygen atoms in total. The Kier molecular flexibility index (Phi) is 6.32. The molecule has 19 heavy (non-hydrogen) atoms. The van der Waals surface area contributed by atoms with Crippen molar-refractivity contribution in [3.63, 3.8) is 0 Å². The van der Waals surface area contributed by atoms with Crippen molar-refractivity contribution in [2.45, 2.75) is 0 Å². The molecule has 0 saturated carbocycles. The van der Waals surface area contributed by atoms with Crippen molar-refractivity contribution in [1.82, 2.24) is 0 Å². The van der Waals surface area contributed by atoms with Crippen LogP contribution in [0.1, 0.15) is 0 Å². The smallest absolute Gasteiger partial charge is 0.315 e. The van der Waals surface area contributed by atoms with Crippen molar-refractivity contribution in [2.75, 3.05) is 10.7 Å². The molecule has 1 rings (SSSR count). The zero-order valence-electron chi connectivity index (χ0n) is 9.09. The minimum absolute atomic E-state index is 0.0162. The summed E-state index contributed by atoms with van der Waals surface area (Å²) < 4.78 is 1.33. The van der Waals surface area contributed by atoms with E-state index in [0.717, 1.165) is 0 Å². The normalized spacial score (nSPS) is 27.7. The molecule has 2 unspecified atom stereocenters. The summed E-state index contributed by atoms with van der Waals surface area (Å²) in [7, 11) is 0. The van der Waals surface area contributed by atoms with E-state index in [1.165, 1.54) is 0 Å². The fraction of sp³-hybridized carbons (Fsp3) is 0.400. The van der Waals surface area contributed by atoms with E-state index in [1.54, 1.807) is 0 Å². The molecule has 106 valence electrons. The van der Waals surface area contributed by atoms with Gasteiger partial charge < -0.3 is 10.2 Å². The number of rotatable bonds is 4. The van der Waals surface area contributed by atoms with Crippen molar-refractivity contribution in [3.05, 3.63) is 19.0 Å². The molecule has 1 aliphatic carbocycles. The predicted octanol–water partition coefficient (Wildman–Crippen LogP) is 4.21. The number of carbonyl (C=O) groups is 2. The van der Waals surface area contributed by atoms with Crippen LogP contribution in [0.15, 0.2) is 19.0 Å². The number of allylic oxidation sites excluding steroid dienone is 2. The van der Waals surface area contributed by atoms with Crippen molar-refractivity contribution >= 4 is 91.6 Å². The Labute approximate surface area is 151 Å². The van der Waals surface area contributed by atoms with Crippen LogP contribution in [0.3, 0.4) is 0 Å². The van der Waals surface area contributed by atoms with Gasteiger partial charge in [0.1, 0.15) is 11.3 Å². The first kappa shape index (κ1) is 17.9. The number of hydrogen-bond donors (Lipinski definition) is 2. The SMILES string of the molecule is O=C(O)C1C(Br)=C(Br)C(Br)=C(CBr)C1(CBr)C(=O)O. The maximum absolute atomic E-state index is 11.8. The van der Waals surface area contributed by atoms with Crippen LogP contribution in [0, 0.1) is 11.3 Å². The van der Waals surface area contributed by atoms with Gasteiger partial charge in [-0.05, 0) is 37.4 Å². The van der Waals surface area contributed by atoms with Gasteiger partial charge in [0, 0.05) is 24.1 Å². The van der Waals surface area contributed by atoms with E-state index in [4.69, 9.17) is 0 Å². The lowest BCUT2D eigenvalue weighted by atomic mass is 9.69. The van der Waals surface area contributed by atoms with Crippen LogP contribution in [0.2, 0.25) is 0 Å². The number of alkyl halides is 2. The molecule has 0 amide bonds. The number of aliphatic carboxylic acids is 2. The van der Waals surface area contributed by atoms with E-state index in [1.807, 2.05) is 0 Å². The van der Waals surface area contributed by atoms with Crippen molar-refractivity contribution < 1.29 is 19.8 Å². The summed E-state index contributed by atoms with van der Waals surface area (Å²) in [4.78, 5) is 23.3. The Hall–Kier alpha value is 0.820. The number of halogens is 5. The fourth-order valence-corrected chi connectivity index (χ4v) is 6.20. The maximum atomic E-state index is 11.8. The topological polar surface area (TPSA) is 74.6 Å². The summed E-state index contributed by atoms with van der Waals surface area (Å²) in [5.74, 6) is -3.61. The lowest BCUT2D eigenvalue weighted by Gasteiger charge is -2.39. The molecule has 0 spiro atoms. The molecule has 0 heterocycles. The molecule has 1 aliphatic rings. The van der Waals surface area contributed by atoms with Gasteiger partial charge in [0.15, 0.2) is 0 Å². The third-order valence-electron chi connectivity index (χ3n) is 2.93. The number of carboxylic acid groups (broad SMARTS) is 2. The van der Waals surface area contributed by atoms with Crippen LogP contribution in [0.5, 0.6) is 0 Å². The molecule has 0 fully saturated rings. The van der Waals surface area contributed by atoms with Crippen molar-refractivity contribution in [3.8, 4) is 0 Å². The highest BCUT2D eigenvalue weighted by Gasteiger charge is 2.56. The Morgan fingerprint density at radius 2 is 1.63 bits per heavy atom. The van der Waals surface area contributed by atoms with E-state index < -0.39 is 23.3 Å². The van der Waals surface area contributed by atoms with Gasteiger partial charge in [0.05, 0.1) is 0 Å². The first-order chi connectivity index (χ1) is 8.75. The minimum atomic E-state index is -1.57. The summed E-state index contributed by atoms with van der Waals surface area (Å²) in [6, 6.07) is 0. The second-order valence-corrected chi connectivity index (χ2v) is 7.33. The molecule has 0 aromatic carbocycles. The minimum Gasteiger partial charge on any atom is -0.481 e. The molecule has 0 bridgehead atoms. The van der Waals surface area contributed by atoms with Gasteiger partial charge in [-0.25, -0.2) is 0 Å². The second kappa shape index (κ2) is 6.72. The van der Waals surface area contributed by atoms with E-state index in [2.05, 4.69) is 79.6 Å². The highest BCUT2D eigenvalue weighted by molar-refractivity contribution is 9.16. The van der Waals surface area contributed by atoms with Gasteiger partial charge in [0.25, 0.3) is 0 Å². The van der Waals surface area contributed by atoms with Gasteiger partial charge in [-0.3, -0.25) is 9.59 Å². The van der Waals surface area contributed by atoms with Crippen LogP contribution in [0.25, 0.3) is 0 Å². The van der Waals surface area contributed by atoms with Gasteiger partial charge in [0.2, 0.25) is 0 Å². The number of hydrogen-bond acceptors (Lipinski definition) is 2. The monoisotopic (exact) mass is 586 g/mol. The van der Waals surface area contributed by atoms with Crippen LogP contribution in [-0.4, -0.2) is 32.8 Å². The molecule has 0 saturated heterocycles. The van der Waals surface area contributed by atoms with Crippen LogP contribution in [-0.2, 0) is 9.59 Å². The Balaban J connectivity index is 3.73. The van der Waals surface area contributed by atoms with Gasteiger partial charge in [-0.2, -0.15) is 0 Å². The molecule has 0 aromatic rings.